The Morgan fingerprint density at radius 1 is 1.06 bits per heavy atom. The van der Waals surface area contributed by atoms with E-state index in [1.165, 1.54) is 0 Å². The summed E-state index contributed by atoms with van der Waals surface area (Å²) in [5.74, 6) is -3.33. The minimum Gasteiger partial charge on any atom is -0.481 e. The fourth-order valence-corrected chi connectivity index (χ4v) is 4.24. The number of amides is 1. The number of carboxylic acid groups (broad SMARTS) is 1. The first-order valence-electron chi connectivity index (χ1n) is 11.7. The van der Waals surface area contributed by atoms with Gasteiger partial charge in [0.2, 0.25) is 0 Å². The maximum atomic E-state index is 13.5. The van der Waals surface area contributed by atoms with Crippen LogP contribution < -0.4 is 5.49 Å². The molecular formula is C26H36F3N3O3. The molecule has 1 amide bonds. The zero-order valence-corrected chi connectivity index (χ0v) is 21.7. The van der Waals surface area contributed by atoms with Crippen LogP contribution in [-0.4, -0.2) is 26.3 Å². The van der Waals surface area contributed by atoms with Crippen molar-refractivity contribution in [2.45, 2.75) is 85.4 Å². The number of aliphatic carboxylic acids is 1. The van der Waals surface area contributed by atoms with Crippen molar-refractivity contribution in [3.05, 3.63) is 52.1 Å². The number of carboxylic acids is 1. The molecule has 1 aromatic carbocycles. The van der Waals surface area contributed by atoms with E-state index in [9.17, 15) is 27.9 Å². The predicted octanol–water partition coefficient (Wildman–Crippen LogP) is 5.90. The third-order valence-corrected chi connectivity index (χ3v) is 5.98. The molecule has 0 aliphatic carbocycles. The molecule has 6 nitrogen and oxygen atoms in total. The molecule has 0 fully saturated rings. The van der Waals surface area contributed by atoms with Gasteiger partial charge in [0.05, 0.1) is 11.5 Å². The Morgan fingerprint density at radius 2 is 1.66 bits per heavy atom. The first kappa shape index (κ1) is 28.4. The van der Waals surface area contributed by atoms with Crippen LogP contribution in [0.5, 0.6) is 0 Å². The molecule has 1 heterocycles. The monoisotopic (exact) mass is 495 g/mol. The maximum Gasteiger partial charge on any atom is 0.416 e. The van der Waals surface area contributed by atoms with Crippen LogP contribution >= 0.6 is 0 Å². The molecule has 1 N–H and O–H groups in total. The number of carbonyl (C=O) groups excluding carboxylic acids is 1. The van der Waals surface area contributed by atoms with E-state index in [2.05, 4.69) is 4.99 Å². The lowest BCUT2D eigenvalue weighted by Crippen LogP contribution is -2.29. The van der Waals surface area contributed by atoms with Crippen LogP contribution in [-0.2, 0) is 30.0 Å². The number of carbonyl (C=O) groups is 2. The van der Waals surface area contributed by atoms with Gasteiger partial charge in [0.1, 0.15) is 0 Å². The maximum absolute atomic E-state index is 13.5. The van der Waals surface area contributed by atoms with Crippen LogP contribution in [0.4, 0.5) is 13.2 Å². The highest BCUT2D eigenvalue weighted by atomic mass is 19.4. The van der Waals surface area contributed by atoms with Gasteiger partial charge in [-0.05, 0) is 29.5 Å². The van der Waals surface area contributed by atoms with Gasteiger partial charge < -0.3 is 5.11 Å². The van der Waals surface area contributed by atoms with Crippen LogP contribution in [0.2, 0.25) is 0 Å². The normalized spacial score (nSPS) is 14.3. The molecule has 194 valence electrons. The summed E-state index contributed by atoms with van der Waals surface area (Å²) in [5, 5.41) is 9.89. The number of aromatic nitrogens is 2. The van der Waals surface area contributed by atoms with Crippen molar-refractivity contribution < 1.29 is 27.9 Å². The highest BCUT2D eigenvalue weighted by Crippen LogP contribution is 2.39. The second kappa shape index (κ2) is 10.0. The van der Waals surface area contributed by atoms with E-state index in [0.29, 0.717) is 18.1 Å². The molecule has 35 heavy (non-hydrogen) atoms. The molecule has 2 aromatic rings. The SMILES string of the molecule is CCCCn1/c(=N/C(=O)c2cc(C(F)(F)F)ccc2C(C(=O)O)C(C)(C)C)cc(C(C)(C)C)n1C. The van der Waals surface area contributed by atoms with E-state index in [1.807, 2.05) is 44.1 Å². The Morgan fingerprint density at radius 3 is 2.11 bits per heavy atom. The van der Waals surface area contributed by atoms with E-state index in [1.54, 1.807) is 26.8 Å². The molecule has 0 aliphatic heterocycles. The number of nitrogens with zero attached hydrogens (tertiary/aromatic N) is 3. The second-order valence-corrected chi connectivity index (χ2v) is 11.0. The Bertz CT molecular complexity index is 1160. The van der Waals surface area contributed by atoms with Gasteiger partial charge in [-0.3, -0.25) is 19.0 Å². The molecule has 0 aliphatic rings. The van der Waals surface area contributed by atoms with Gasteiger partial charge >= 0.3 is 12.1 Å². The lowest BCUT2D eigenvalue weighted by molar-refractivity contribution is -0.141. The molecule has 2 rings (SSSR count). The van der Waals surface area contributed by atoms with E-state index < -0.39 is 34.9 Å². The number of halogens is 3. The first-order chi connectivity index (χ1) is 15.9. The lowest BCUT2D eigenvalue weighted by Gasteiger charge is -2.29. The third-order valence-electron chi connectivity index (χ3n) is 5.98. The van der Waals surface area contributed by atoms with Crippen molar-refractivity contribution in [1.29, 1.82) is 0 Å². The summed E-state index contributed by atoms with van der Waals surface area (Å²) >= 11 is 0. The van der Waals surface area contributed by atoms with Gasteiger partial charge in [-0.2, -0.15) is 18.2 Å². The highest BCUT2D eigenvalue weighted by Gasteiger charge is 2.38. The highest BCUT2D eigenvalue weighted by molar-refractivity contribution is 5.98. The average molecular weight is 496 g/mol. The Balaban J connectivity index is 2.83. The Labute approximate surface area is 204 Å². The van der Waals surface area contributed by atoms with Crippen molar-refractivity contribution in [3.8, 4) is 0 Å². The lowest BCUT2D eigenvalue weighted by atomic mass is 9.74. The fraction of sp³-hybridized carbons (Fsp3) is 0.577. The summed E-state index contributed by atoms with van der Waals surface area (Å²) in [5.41, 5.74) is -1.26. The van der Waals surface area contributed by atoms with Crippen LogP contribution in [0.25, 0.3) is 0 Å². The molecule has 1 unspecified atom stereocenters. The number of alkyl halides is 3. The minimum atomic E-state index is -4.69. The van der Waals surface area contributed by atoms with Crippen LogP contribution in [0.15, 0.2) is 29.3 Å². The summed E-state index contributed by atoms with van der Waals surface area (Å²) in [7, 11) is 1.86. The molecule has 0 bridgehead atoms. The van der Waals surface area contributed by atoms with E-state index in [4.69, 9.17) is 0 Å². The summed E-state index contributed by atoms with van der Waals surface area (Å²) in [4.78, 5) is 29.8. The fourth-order valence-electron chi connectivity index (χ4n) is 4.24. The Hall–Kier alpha value is -2.84. The topological polar surface area (TPSA) is 76.6 Å². The number of unbranched alkanes of at least 4 members (excludes halogenated alkanes) is 1. The summed E-state index contributed by atoms with van der Waals surface area (Å²) in [6.45, 7) is 13.7. The van der Waals surface area contributed by atoms with Gasteiger partial charge in [0.25, 0.3) is 5.91 Å². The van der Waals surface area contributed by atoms with Gasteiger partial charge in [-0.15, -0.1) is 0 Å². The van der Waals surface area contributed by atoms with Gasteiger partial charge in [-0.1, -0.05) is 61.0 Å². The Kier molecular flexibility index (Phi) is 8.14. The molecular weight excluding hydrogens is 459 g/mol. The van der Waals surface area contributed by atoms with Crippen molar-refractivity contribution in [2.75, 3.05) is 0 Å². The number of hydrogen-bond acceptors (Lipinski definition) is 2. The number of benzene rings is 1. The standard InChI is InChI=1S/C26H36F3N3O3/c1-9-10-13-32-20(15-19(31(32)8)24(2,3)4)30-22(33)18-14-16(26(27,28)29)11-12-17(18)21(23(34)35)25(5,6)7/h11-12,14-15,21H,9-10,13H2,1-8H3,(H,34,35)/b30-20+. The largest absolute Gasteiger partial charge is 0.481 e. The molecule has 1 aromatic heterocycles. The summed E-state index contributed by atoms with van der Waals surface area (Å²) in [6, 6.07) is 4.38. The first-order valence-corrected chi connectivity index (χ1v) is 11.7. The quantitative estimate of drug-likeness (QED) is 0.542. The molecule has 1 atom stereocenters. The van der Waals surface area contributed by atoms with Crippen LogP contribution in [0.3, 0.4) is 0 Å². The van der Waals surface area contributed by atoms with E-state index in [0.717, 1.165) is 30.7 Å². The molecule has 0 saturated heterocycles. The van der Waals surface area contributed by atoms with Crippen molar-refractivity contribution in [2.24, 2.45) is 17.5 Å². The zero-order valence-electron chi connectivity index (χ0n) is 21.7. The van der Waals surface area contributed by atoms with E-state index in [-0.39, 0.29) is 16.5 Å². The van der Waals surface area contributed by atoms with Crippen molar-refractivity contribution >= 4 is 11.9 Å². The van der Waals surface area contributed by atoms with Gasteiger partial charge in [0, 0.05) is 36.3 Å². The number of hydrogen-bond donors (Lipinski definition) is 1. The summed E-state index contributed by atoms with van der Waals surface area (Å²) < 4.78 is 44.3. The molecule has 0 saturated carbocycles. The van der Waals surface area contributed by atoms with Crippen molar-refractivity contribution in [3.63, 3.8) is 0 Å². The van der Waals surface area contributed by atoms with Crippen molar-refractivity contribution in [1.82, 2.24) is 9.36 Å². The predicted molar refractivity (Wildman–Crippen MR) is 128 cm³/mol. The average Bonchev–Trinajstić information content (AvgIpc) is 2.99. The third kappa shape index (κ3) is 6.44. The molecule has 9 heteroatoms. The molecule has 0 radical (unpaired) electrons. The summed E-state index contributed by atoms with van der Waals surface area (Å²) in [6.07, 6.45) is -2.97. The van der Waals surface area contributed by atoms with Gasteiger partial charge in [-0.25, -0.2) is 0 Å². The van der Waals surface area contributed by atoms with E-state index >= 15 is 0 Å². The van der Waals surface area contributed by atoms with Crippen LogP contribution in [0.1, 0.15) is 94.4 Å². The number of rotatable bonds is 6. The zero-order chi connectivity index (χ0) is 26.9. The smallest absolute Gasteiger partial charge is 0.416 e. The van der Waals surface area contributed by atoms with Crippen LogP contribution in [0, 0.1) is 5.41 Å². The molecule has 0 spiro atoms. The second-order valence-electron chi connectivity index (χ2n) is 11.0. The minimum absolute atomic E-state index is 0.0128. The van der Waals surface area contributed by atoms with Gasteiger partial charge in [0.15, 0.2) is 5.49 Å².